The number of likely N-dealkylation sites (tertiary alicyclic amines) is 1. The van der Waals surface area contributed by atoms with Crippen molar-refractivity contribution in [2.24, 2.45) is 0 Å². The van der Waals surface area contributed by atoms with Crippen LogP contribution in [0.4, 0.5) is 0 Å². The van der Waals surface area contributed by atoms with Gasteiger partial charge in [0.1, 0.15) is 17.3 Å². The highest BCUT2D eigenvalue weighted by Gasteiger charge is 2.45. The molecule has 1 atom stereocenters. The molecule has 0 radical (unpaired) electrons. The van der Waals surface area contributed by atoms with Crippen LogP contribution in [0.1, 0.15) is 54.5 Å². The summed E-state index contributed by atoms with van der Waals surface area (Å²) in [5.74, 6) is -0.0199. The molecule has 1 heterocycles. The number of methoxy groups -OCH3 is 2. The minimum Gasteiger partial charge on any atom is -0.507 e. The average molecular weight is 438 g/mol. The highest BCUT2D eigenvalue weighted by atomic mass is 16.5. The van der Waals surface area contributed by atoms with E-state index in [0.717, 1.165) is 36.0 Å². The number of ketones is 1. The summed E-state index contributed by atoms with van der Waals surface area (Å²) in [6, 6.07) is 10.2. The van der Waals surface area contributed by atoms with Crippen LogP contribution >= 0.6 is 0 Å². The van der Waals surface area contributed by atoms with Crippen molar-refractivity contribution in [1.29, 1.82) is 0 Å². The van der Waals surface area contributed by atoms with Crippen LogP contribution in [0.25, 0.3) is 5.76 Å². The van der Waals surface area contributed by atoms with Gasteiger partial charge >= 0.3 is 0 Å². The SMILES string of the molecule is CCCCCN1C(=O)C(=O)/C(=C(/O)c2cc(C)c(OC)cc2C)C1c1ccc(OC)cc1. The number of nitrogens with zero attached hydrogens (tertiary/aromatic N) is 1. The molecule has 2 aromatic rings. The molecule has 170 valence electrons. The fraction of sp³-hybridized carbons (Fsp3) is 0.385. The van der Waals surface area contributed by atoms with E-state index in [9.17, 15) is 14.7 Å². The number of aliphatic hydroxyl groups is 1. The number of ether oxygens (including phenoxy) is 2. The summed E-state index contributed by atoms with van der Waals surface area (Å²) in [6.45, 7) is 6.26. The molecule has 6 heteroatoms. The minimum atomic E-state index is -0.660. The van der Waals surface area contributed by atoms with Crippen molar-refractivity contribution in [1.82, 2.24) is 4.90 Å². The van der Waals surface area contributed by atoms with Gasteiger partial charge in [0, 0.05) is 12.1 Å². The summed E-state index contributed by atoms with van der Waals surface area (Å²) in [7, 11) is 3.17. The Kier molecular flexibility index (Phi) is 7.23. The van der Waals surface area contributed by atoms with Crippen molar-refractivity contribution in [3.05, 3.63) is 64.2 Å². The largest absolute Gasteiger partial charge is 0.507 e. The lowest BCUT2D eigenvalue weighted by Crippen LogP contribution is -2.30. The first-order valence-corrected chi connectivity index (χ1v) is 10.9. The van der Waals surface area contributed by atoms with Gasteiger partial charge in [0.05, 0.1) is 25.8 Å². The Hall–Kier alpha value is -3.28. The number of benzene rings is 2. The molecule has 0 bridgehead atoms. The van der Waals surface area contributed by atoms with Gasteiger partial charge in [0.15, 0.2) is 0 Å². The molecule has 1 aliphatic heterocycles. The molecule has 0 aliphatic carbocycles. The lowest BCUT2D eigenvalue weighted by Gasteiger charge is -2.25. The maximum Gasteiger partial charge on any atom is 0.295 e. The predicted molar refractivity (Wildman–Crippen MR) is 124 cm³/mol. The molecule has 32 heavy (non-hydrogen) atoms. The Morgan fingerprint density at radius 1 is 1.00 bits per heavy atom. The molecule has 6 nitrogen and oxygen atoms in total. The quantitative estimate of drug-likeness (QED) is 0.274. The van der Waals surface area contributed by atoms with Gasteiger partial charge in [-0.3, -0.25) is 9.59 Å². The average Bonchev–Trinajstić information content (AvgIpc) is 3.05. The van der Waals surface area contributed by atoms with Crippen molar-refractivity contribution in [2.45, 2.75) is 46.1 Å². The second-order valence-electron chi connectivity index (χ2n) is 8.11. The van der Waals surface area contributed by atoms with Gasteiger partial charge in [-0.15, -0.1) is 0 Å². The Morgan fingerprint density at radius 3 is 2.28 bits per heavy atom. The summed E-state index contributed by atoms with van der Waals surface area (Å²) >= 11 is 0. The van der Waals surface area contributed by atoms with Crippen molar-refractivity contribution in [3.63, 3.8) is 0 Å². The lowest BCUT2D eigenvalue weighted by atomic mass is 9.93. The first kappa shape index (κ1) is 23.4. The molecule has 3 rings (SSSR count). The van der Waals surface area contributed by atoms with E-state index in [1.165, 1.54) is 0 Å². The fourth-order valence-corrected chi connectivity index (χ4v) is 4.19. The van der Waals surface area contributed by atoms with Gasteiger partial charge < -0.3 is 19.5 Å². The van der Waals surface area contributed by atoms with Crippen LogP contribution in [0, 0.1) is 13.8 Å². The van der Waals surface area contributed by atoms with Gasteiger partial charge in [-0.05, 0) is 61.2 Å². The molecule has 1 aliphatic rings. The van der Waals surface area contributed by atoms with Crippen LogP contribution in [0.15, 0.2) is 42.0 Å². The van der Waals surface area contributed by atoms with Crippen LogP contribution in [0.3, 0.4) is 0 Å². The lowest BCUT2D eigenvalue weighted by molar-refractivity contribution is -0.139. The zero-order chi connectivity index (χ0) is 23.4. The van der Waals surface area contributed by atoms with E-state index in [4.69, 9.17) is 9.47 Å². The third-order valence-corrected chi connectivity index (χ3v) is 5.97. The molecule has 1 saturated heterocycles. The number of hydrogen-bond acceptors (Lipinski definition) is 5. The maximum atomic E-state index is 13.1. The van der Waals surface area contributed by atoms with Crippen molar-refractivity contribution in [3.8, 4) is 11.5 Å². The Balaban J connectivity index is 2.16. The second-order valence-corrected chi connectivity index (χ2v) is 8.11. The molecule has 2 aromatic carbocycles. The number of hydrogen-bond donors (Lipinski definition) is 1. The van der Waals surface area contributed by atoms with Crippen molar-refractivity contribution < 1.29 is 24.2 Å². The number of carbonyl (C=O) groups excluding carboxylic acids is 2. The first-order valence-electron chi connectivity index (χ1n) is 10.9. The van der Waals surface area contributed by atoms with E-state index < -0.39 is 17.7 Å². The summed E-state index contributed by atoms with van der Waals surface area (Å²) < 4.78 is 10.6. The van der Waals surface area contributed by atoms with Gasteiger partial charge in [-0.2, -0.15) is 0 Å². The number of rotatable bonds is 8. The number of aliphatic hydroxyl groups excluding tert-OH is 1. The normalized spacial score (nSPS) is 17.7. The summed E-state index contributed by atoms with van der Waals surface area (Å²) in [4.78, 5) is 27.7. The van der Waals surface area contributed by atoms with Crippen LogP contribution in [-0.2, 0) is 9.59 Å². The maximum absolute atomic E-state index is 13.1. The van der Waals surface area contributed by atoms with Crippen LogP contribution in [0.2, 0.25) is 0 Å². The fourth-order valence-electron chi connectivity index (χ4n) is 4.19. The third kappa shape index (κ3) is 4.35. The van der Waals surface area contributed by atoms with Crippen LogP contribution in [0.5, 0.6) is 11.5 Å². The van der Waals surface area contributed by atoms with Crippen molar-refractivity contribution in [2.75, 3.05) is 20.8 Å². The van der Waals surface area contributed by atoms with E-state index in [0.29, 0.717) is 23.6 Å². The number of unbranched alkanes of at least 4 members (excludes halogenated alkanes) is 2. The number of Topliss-reactive ketones (excluding diaryl/α,β-unsaturated/α-hetero) is 1. The molecular formula is C26H31NO5. The predicted octanol–water partition coefficient (Wildman–Crippen LogP) is 4.93. The van der Waals surface area contributed by atoms with E-state index in [1.807, 2.05) is 32.0 Å². The summed E-state index contributed by atoms with van der Waals surface area (Å²) in [5, 5.41) is 11.3. The van der Waals surface area contributed by atoms with Gasteiger partial charge in [0.2, 0.25) is 0 Å². The topological polar surface area (TPSA) is 76.1 Å². The molecule has 1 unspecified atom stereocenters. The standard InChI is InChI=1S/C26H31NO5/c1-6-7-8-13-27-23(18-9-11-19(31-4)12-10-18)22(25(29)26(27)30)24(28)20-14-17(3)21(32-5)15-16(20)2/h9-12,14-15,23,28H,6-8,13H2,1-5H3/b24-22+. The van der Waals surface area contributed by atoms with E-state index in [2.05, 4.69) is 6.92 Å². The highest BCUT2D eigenvalue weighted by Crippen LogP contribution is 2.41. The molecule has 0 aromatic heterocycles. The molecule has 1 amide bonds. The summed E-state index contributed by atoms with van der Waals surface area (Å²) in [6.07, 6.45) is 2.74. The number of aryl methyl sites for hydroxylation is 2. The van der Waals surface area contributed by atoms with Gasteiger partial charge in [-0.1, -0.05) is 31.9 Å². The zero-order valence-corrected chi connectivity index (χ0v) is 19.4. The summed E-state index contributed by atoms with van der Waals surface area (Å²) in [5.41, 5.74) is 2.98. The van der Waals surface area contributed by atoms with Gasteiger partial charge in [0.25, 0.3) is 11.7 Å². The minimum absolute atomic E-state index is 0.115. The molecule has 1 fully saturated rings. The van der Waals surface area contributed by atoms with E-state index in [-0.39, 0.29) is 11.3 Å². The Morgan fingerprint density at radius 2 is 1.69 bits per heavy atom. The smallest absolute Gasteiger partial charge is 0.295 e. The molecular weight excluding hydrogens is 406 g/mol. The molecule has 0 saturated carbocycles. The number of amides is 1. The van der Waals surface area contributed by atoms with Crippen LogP contribution < -0.4 is 9.47 Å². The Labute approximate surface area is 189 Å². The Bertz CT molecular complexity index is 1040. The third-order valence-electron chi connectivity index (χ3n) is 5.97. The monoisotopic (exact) mass is 437 g/mol. The van der Waals surface area contributed by atoms with E-state index in [1.54, 1.807) is 37.3 Å². The highest BCUT2D eigenvalue weighted by molar-refractivity contribution is 6.46. The van der Waals surface area contributed by atoms with Crippen LogP contribution in [-0.4, -0.2) is 42.5 Å². The van der Waals surface area contributed by atoms with Gasteiger partial charge in [-0.25, -0.2) is 0 Å². The van der Waals surface area contributed by atoms with Crippen molar-refractivity contribution >= 4 is 17.4 Å². The zero-order valence-electron chi connectivity index (χ0n) is 19.4. The first-order chi connectivity index (χ1) is 15.3. The molecule has 1 N–H and O–H groups in total. The van der Waals surface area contributed by atoms with E-state index >= 15 is 0 Å². The number of carbonyl (C=O) groups is 2. The molecule has 0 spiro atoms. The second kappa shape index (κ2) is 9.90.